The Hall–Kier alpha value is -1.49. The van der Waals surface area contributed by atoms with Crippen LogP contribution in [-0.2, 0) is 6.54 Å². The zero-order chi connectivity index (χ0) is 13.4. The molecule has 0 radical (unpaired) electrons. The molecule has 0 aliphatic heterocycles. The van der Waals surface area contributed by atoms with Gasteiger partial charge in [0.05, 0.1) is 18.4 Å². The number of hydrogen-bond acceptors (Lipinski definition) is 3. The number of carbonyl (C=O) groups excluding carboxylic acids is 1. The Labute approximate surface area is 119 Å². The predicted molar refractivity (Wildman–Crippen MR) is 72.7 cm³/mol. The molecule has 1 aliphatic rings. The third-order valence-electron chi connectivity index (χ3n) is 3.22. The Morgan fingerprint density at radius 2 is 2.21 bits per heavy atom. The van der Waals surface area contributed by atoms with Gasteiger partial charge in [0, 0.05) is 6.04 Å². The highest BCUT2D eigenvalue weighted by Crippen LogP contribution is 2.31. The Kier molecular flexibility index (Phi) is 3.22. The highest BCUT2D eigenvalue weighted by atomic mass is 79.9. The number of halogens is 1. The summed E-state index contributed by atoms with van der Waals surface area (Å²) in [6, 6.07) is 5.84. The summed E-state index contributed by atoms with van der Waals surface area (Å²) in [4.78, 5) is 14.4. The molecular formula is C14H14BrNO3. The van der Waals surface area contributed by atoms with E-state index in [1.807, 2.05) is 24.0 Å². The number of furan rings is 2. The van der Waals surface area contributed by atoms with Crippen LogP contribution in [-0.4, -0.2) is 16.8 Å². The molecule has 1 fully saturated rings. The SMILES string of the molecule is Cc1ccc(CN(C(=O)c2ccoc2Br)C2CC2)o1. The smallest absolute Gasteiger partial charge is 0.258 e. The van der Waals surface area contributed by atoms with E-state index in [1.165, 1.54) is 6.26 Å². The van der Waals surface area contributed by atoms with Crippen molar-refractivity contribution in [3.63, 3.8) is 0 Å². The number of hydrogen-bond donors (Lipinski definition) is 0. The summed E-state index contributed by atoms with van der Waals surface area (Å²) in [5.74, 6) is 1.66. The normalized spacial score (nSPS) is 14.6. The molecule has 1 amide bonds. The number of amides is 1. The van der Waals surface area contributed by atoms with Gasteiger partial charge in [0.25, 0.3) is 5.91 Å². The van der Waals surface area contributed by atoms with Gasteiger partial charge in [0.1, 0.15) is 11.5 Å². The van der Waals surface area contributed by atoms with Crippen LogP contribution in [0, 0.1) is 6.92 Å². The number of carbonyl (C=O) groups is 1. The van der Waals surface area contributed by atoms with Gasteiger partial charge in [0.2, 0.25) is 0 Å². The van der Waals surface area contributed by atoms with Gasteiger partial charge in [-0.1, -0.05) is 0 Å². The highest BCUT2D eigenvalue weighted by Gasteiger charge is 2.34. The average Bonchev–Trinajstić information content (AvgIpc) is 3.01. The van der Waals surface area contributed by atoms with Crippen molar-refractivity contribution in [3.05, 3.63) is 46.2 Å². The second-order valence-electron chi connectivity index (χ2n) is 4.78. The van der Waals surface area contributed by atoms with Gasteiger partial charge in [-0.05, 0) is 53.9 Å². The van der Waals surface area contributed by atoms with Gasteiger partial charge in [-0.2, -0.15) is 0 Å². The van der Waals surface area contributed by atoms with Crippen LogP contribution in [0.1, 0.15) is 34.7 Å². The lowest BCUT2D eigenvalue weighted by atomic mass is 10.2. The van der Waals surface area contributed by atoms with Crippen LogP contribution < -0.4 is 0 Å². The molecule has 1 saturated carbocycles. The summed E-state index contributed by atoms with van der Waals surface area (Å²) in [7, 11) is 0. The molecule has 100 valence electrons. The fourth-order valence-electron chi connectivity index (χ4n) is 2.09. The first-order chi connectivity index (χ1) is 9.15. The fraction of sp³-hybridized carbons (Fsp3) is 0.357. The predicted octanol–water partition coefficient (Wildman–Crippen LogP) is 3.75. The zero-order valence-electron chi connectivity index (χ0n) is 10.6. The molecule has 5 heteroatoms. The minimum absolute atomic E-state index is 0.0165. The van der Waals surface area contributed by atoms with Crippen molar-refractivity contribution in [1.29, 1.82) is 0 Å². The number of rotatable bonds is 4. The Bertz CT molecular complexity index is 597. The lowest BCUT2D eigenvalue weighted by molar-refractivity contribution is 0.0715. The van der Waals surface area contributed by atoms with Crippen molar-refractivity contribution in [2.24, 2.45) is 0 Å². The summed E-state index contributed by atoms with van der Waals surface area (Å²) < 4.78 is 11.2. The molecular weight excluding hydrogens is 310 g/mol. The van der Waals surface area contributed by atoms with Crippen LogP contribution in [0.25, 0.3) is 0 Å². The Morgan fingerprint density at radius 3 is 2.74 bits per heavy atom. The van der Waals surface area contributed by atoms with Crippen molar-refractivity contribution >= 4 is 21.8 Å². The maximum atomic E-state index is 12.5. The average molecular weight is 324 g/mol. The lowest BCUT2D eigenvalue weighted by Crippen LogP contribution is -2.32. The molecule has 0 atom stereocenters. The molecule has 0 unspecified atom stereocenters. The zero-order valence-corrected chi connectivity index (χ0v) is 12.1. The van der Waals surface area contributed by atoms with Crippen molar-refractivity contribution in [2.45, 2.75) is 32.4 Å². The highest BCUT2D eigenvalue weighted by molar-refractivity contribution is 9.10. The van der Waals surface area contributed by atoms with Gasteiger partial charge in [-0.3, -0.25) is 4.79 Å². The first kappa shape index (κ1) is 12.5. The maximum Gasteiger partial charge on any atom is 0.258 e. The van der Waals surface area contributed by atoms with Gasteiger partial charge in [0.15, 0.2) is 4.67 Å². The molecule has 2 heterocycles. The summed E-state index contributed by atoms with van der Waals surface area (Å²) in [5.41, 5.74) is 0.565. The molecule has 0 N–H and O–H groups in total. The third-order valence-corrected chi connectivity index (χ3v) is 3.83. The van der Waals surface area contributed by atoms with Crippen LogP contribution in [0.4, 0.5) is 0 Å². The summed E-state index contributed by atoms with van der Waals surface area (Å²) in [6.45, 7) is 2.41. The van der Waals surface area contributed by atoms with Crippen molar-refractivity contribution in [2.75, 3.05) is 0 Å². The number of aryl methyl sites for hydroxylation is 1. The summed E-state index contributed by atoms with van der Waals surface area (Å²) in [6.07, 6.45) is 3.63. The second kappa shape index (κ2) is 4.89. The fourth-order valence-corrected chi connectivity index (χ4v) is 2.50. The maximum absolute atomic E-state index is 12.5. The van der Waals surface area contributed by atoms with Crippen LogP contribution in [0.2, 0.25) is 0 Å². The van der Waals surface area contributed by atoms with Crippen molar-refractivity contribution < 1.29 is 13.6 Å². The molecule has 19 heavy (non-hydrogen) atoms. The second-order valence-corrected chi connectivity index (χ2v) is 5.50. The molecule has 4 nitrogen and oxygen atoms in total. The Balaban J connectivity index is 1.81. The molecule has 2 aromatic rings. The first-order valence-electron chi connectivity index (χ1n) is 6.24. The van der Waals surface area contributed by atoms with E-state index in [1.54, 1.807) is 6.07 Å². The van der Waals surface area contributed by atoms with E-state index in [4.69, 9.17) is 8.83 Å². The topological polar surface area (TPSA) is 46.6 Å². The van der Waals surface area contributed by atoms with Crippen LogP contribution >= 0.6 is 15.9 Å². The van der Waals surface area contributed by atoms with Crippen LogP contribution in [0.3, 0.4) is 0 Å². The summed E-state index contributed by atoms with van der Waals surface area (Å²) in [5, 5.41) is 0. The molecule has 2 aromatic heterocycles. The standard InChI is InChI=1S/C14H14BrNO3/c1-9-2-5-11(19-9)8-16(10-3-4-10)14(17)12-6-7-18-13(12)15/h2,5-7,10H,3-4,8H2,1H3. The van der Waals surface area contributed by atoms with E-state index >= 15 is 0 Å². The van der Waals surface area contributed by atoms with Crippen molar-refractivity contribution in [1.82, 2.24) is 4.90 Å². The van der Waals surface area contributed by atoms with Gasteiger partial charge in [-0.25, -0.2) is 0 Å². The molecule has 3 rings (SSSR count). The van der Waals surface area contributed by atoms with Crippen LogP contribution in [0.5, 0.6) is 0 Å². The van der Waals surface area contributed by atoms with Gasteiger partial charge in [-0.15, -0.1) is 0 Å². The first-order valence-corrected chi connectivity index (χ1v) is 7.03. The molecule has 0 aromatic carbocycles. The van der Waals surface area contributed by atoms with E-state index < -0.39 is 0 Å². The molecule has 0 saturated heterocycles. The molecule has 1 aliphatic carbocycles. The molecule has 0 spiro atoms. The minimum atomic E-state index is -0.0165. The summed E-state index contributed by atoms with van der Waals surface area (Å²) >= 11 is 3.26. The number of nitrogens with zero attached hydrogens (tertiary/aromatic N) is 1. The molecule has 0 bridgehead atoms. The monoisotopic (exact) mass is 323 g/mol. The van der Waals surface area contributed by atoms with E-state index in [0.717, 1.165) is 24.4 Å². The van der Waals surface area contributed by atoms with E-state index in [0.29, 0.717) is 22.8 Å². The lowest BCUT2D eigenvalue weighted by Gasteiger charge is -2.20. The van der Waals surface area contributed by atoms with Gasteiger partial charge >= 0.3 is 0 Å². The third kappa shape index (κ3) is 2.61. The van der Waals surface area contributed by atoms with E-state index in [-0.39, 0.29) is 5.91 Å². The largest absolute Gasteiger partial charge is 0.464 e. The minimum Gasteiger partial charge on any atom is -0.464 e. The van der Waals surface area contributed by atoms with E-state index in [9.17, 15) is 4.79 Å². The van der Waals surface area contributed by atoms with Gasteiger partial charge < -0.3 is 13.7 Å². The quantitative estimate of drug-likeness (QED) is 0.860. The van der Waals surface area contributed by atoms with Crippen LogP contribution in [0.15, 0.2) is 38.0 Å². The Morgan fingerprint density at radius 1 is 1.42 bits per heavy atom. The van der Waals surface area contributed by atoms with E-state index in [2.05, 4.69) is 15.9 Å². The van der Waals surface area contributed by atoms with Crippen molar-refractivity contribution in [3.8, 4) is 0 Å².